The Kier molecular flexibility index (Phi) is 9.47. The number of benzene rings is 2. The number of allylic oxidation sites excluding steroid dienone is 20. The van der Waals surface area contributed by atoms with Crippen LogP contribution in [-0.2, 0) is 0 Å². The van der Waals surface area contributed by atoms with Gasteiger partial charge in [0.15, 0.2) is 0 Å². The van der Waals surface area contributed by atoms with E-state index in [1.54, 1.807) is 0 Å². The minimum absolute atomic E-state index is 0.197. The Morgan fingerprint density at radius 3 is 2.26 bits per heavy atom. The van der Waals surface area contributed by atoms with Gasteiger partial charge < -0.3 is 0 Å². The maximum Gasteiger partial charge on any atom is 0.0128 e. The third-order valence-corrected chi connectivity index (χ3v) is 8.45. The first-order valence-corrected chi connectivity index (χ1v) is 14.9. The quantitative estimate of drug-likeness (QED) is 0.318. The standard InChI is InChI=1S/C42H40/c1-5-19-32(6-2)35-28-36(34-21-11-10-12-22-34)30-37(29-35)40-25-14-9-8-13-24-39(41-26-17-18-27-42(40)41)31(4)38-23-16-15-20-33(38)7-3/h5-28,30,35,41-42H,1-2,29H2,3-4H3. The molecule has 208 valence electrons. The fraction of sp³-hybridized carbons (Fsp3) is 0.143. The molecule has 3 aliphatic carbocycles. The SMILES string of the molecule is C=CC=C(C=C)C1C=C(c2ccccc2)C=C(C2=CC=CC=CC=C(C(C)=c3ccccc3=CC)C3C=CC=CC23)C1. The predicted octanol–water partition coefficient (Wildman–Crippen LogP) is 9.32. The van der Waals surface area contributed by atoms with Crippen LogP contribution in [0.3, 0.4) is 0 Å². The number of fused-ring (bicyclic) bond motifs is 1. The lowest BCUT2D eigenvalue weighted by Crippen LogP contribution is -2.28. The summed E-state index contributed by atoms with van der Waals surface area (Å²) in [7, 11) is 0. The second-order valence-electron chi connectivity index (χ2n) is 10.9. The third kappa shape index (κ3) is 6.29. The highest BCUT2D eigenvalue weighted by Gasteiger charge is 2.30. The van der Waals surface area contributed by atoms with Crippen LogP contribution in [0.5, 0.6) is 0 Å². The summed E-state index contributed by atoms with van der Waals surface area (Å²) in [6.45, 7) is 12.5. The van der Waals surface area contributed by atoms with Crippen LogP contribution >= 0.6 is 0 Å². The van der Waals surface area contributed by atoms with Gasteiger partial charge in [0.25, 0.3) is 0 Å². The van der Waals surface area contributed by atoms with E-state index >= 15 is 0 Å². The molecule has 0 aromatic heterocycles. The van der Waals surface area contributed by atoms with E-state index < -0.39 is 0 Å². The highest BCUT2D eigenvalue weighted by atomic mass is 14.3. The molecule has 2 aromatic rings. The van der Waals surface area contributed by atoms with Crippen molar-refractivity contribution in [1.29, 1.82) is 0 Å². The zero-order valence-corrected chi connectivity index (χ0v) is 24.8. The molecule has 3 unspecified atom stereocenters. The fourth-order valence-corrected chi connectivity index (χ4v) is 6.32. The van der Waals surface area contributed by atoms with Crippen LogP contribution in [0.15, 0.2) is 181 Å². The first-order valence-electron chi connectivity index (χ1n) is 14.9. The van der Waals surface area contributed by atoms with Crippen LogP contribution in [0.1, 0.15) is 25.8 Å². The van der Waals surface area contributed by atoms with Crippen molar-refractivity contribution in [3.63, 3.8) is 0 Å². The van der Waals surface area contributed by atoms with Crippen molar-refractivity contribution in [3.05, 3.63) is 197 Å². The summed E-state index contributed by atoms with van der Waals surface area (Å²) < 4.78 is 0. The summed E-state index contributed by atoms with van der Waals surface area (Å²) >= 11 is 0. The molecule has 3 atom stereocenters. The lowest BCUT2D eigenvalue weighted by Gasteiger charge is -2.33. The highest BCUT2D eigenvalue weighted by Crippen LogP contribution is 2.43. The van der Waals surface area contributed by atoms with Crippen LogP contribution in [0.25, 0.3) is 17.2 Å². The topological polar surface area (TPSA) is 0 Å². The fourth-order valence-electron chi connectivity index (χ4n) is 6.32. The minimum atomic E-state index is 0.197. The van der Waals surface area contributed by atoms with E-state index in [1.807, 2.05) is 12.2 Å². The van der Waals surface area contributed by atoms with Gasteiger partial charge in [-0.2, -0.15) is 0 Å². The summed E-state index contributed by atoms with van der Waals surface area (Å²) in [6.07, 6.45) is 36.3. The summed E-state index contributed by atoms with van der Waals surface area (Å²) in [6, 6.07) is 19.4. The van der Waals surface area contributed by atoms with Gasteiger partial charge in [-0.3, -0.25) is 0 Å². The van der Waals surface area contributed by atoms with Gasteiger partial charge in [-0.1, -0.05) is 165 Å². The van der Waals surface area contributed by atoms with Gasteiger partial charge in [0.05, 0.1) is 0 Å². The molecule has 0 radical (unpaired) electrons. The van der Waals surface area contributed by atoms with Crippen molar-refractivity contribution in [2.24, 2.45) is 17.8 Å². The van der Waals surface area contributed by atoms with Crippen molar-refractivity contribution >= 4 is 17.2 Å². The van der Waals surface area contributed by atoms with Gasteiger partial charge >= 0.3 is 0 Å². The van der Waals surface area contributed by atoms with E-state index in [1.165, 1.54) is 49.4 Å². The van der Waals surface area contributed by atoms with Gasteiger partial charge in [0.1, 0.15) is 0 Å². The van der Waals surface area contributed by atoms with Crippen LogP contribution in [0.2, 0.25) is 0 Å². The molecule has 0 bridgehead atoms. The van der Waals surface area contributed by atoms with Crippen molar-refractivity contribution < 1.29 is 0 Å². The smallest absolute Gasteiger partial charge is 0.0128 e. The van der Waals surface area contributed by atoms with Gasteiger partial charge in [0.2, 0.25) is 0 Å². The van der Waals surface area contributed by atoms with Crippen LogP contribution < -0.4 is 10.4 Å². The summed E-state index contributed by atoms with van der Waals surface area (Å²) in [5, 5.41) is 2.55. The summed E-state index contributed by atoms with van der Waals surface area (Å²) in [5.74, 6) is 0.616. The van der Waals surface area contributed by atoms with Gasteiger partial charge in [-0.05, 0) is 69.7 Å². The molecule has 0 saturated heterocycles. The average molecular weight is 545 g/mol. The normalized spacial score (nSPS) is 23.2. The molecule has 0 fully saturated rings. The summed E-state index contributed by atoms with van der Waals surface area (Å²) in [4.78, 5) is 0. The van der Waals surface area contributed by atoms with E-state index in [-0.39, 0.29) is 17.8 Å². The zero-order chi connectivity index (χ0) is 29.3. The Morgan fingerprint density at radius 1 is 0.810 bits per heavy atom. The molecular weight excluding hydrogens is 504 g/mol. The third-order valence-electron chi connectivity index (χ3n) is 8.45. The molecule has 0 amide bonds. The van der Waals surface area contributed by atoms with E-state index in [4.69, 9.17) is 0 Å². The van der Waals surface area contributed by atoms with Gasteiger partial charge in [0, 0.05) is 17.8 Å². The minimum Gasteiger partial charge on any atom is -0.0991 e. The lowest BCUT2D eigenvalue weighted by molar-refractivity contribution is 0.605. The molecular formula is C42H40. The second-order valence-corrected chi connectivity index (χ2v) is 10.9. The molecule has 0 N–H and O–H groups in total. The Bertz CT molecular complexity index is 1730. The Balaban J connectivity index is 1.67. The van der Waals surface area contributed by atoms with Crippen molar-refractivity contribution in [2.45, 2.75) is 20.3 Å². The highest BCUT2D eigenvalue weighted by molar-refractivity contribution is 5.78. The van der Waals surface area contributed by atoms with Crippen molar-refractivity contribution in [3.8, 4) is 0 Å². The first kappa shape index (κ1) is 28.8. The number of rotatable bonds is 6. The average Bonchev–Trinajstić information content (AvgIpc) is 3.05. The largest absolute Gasteiger partial charge is 0.0991 e. The predicted molar refractivity (Wildman–Crippen MR) is 184 cm³/mol. The number of hydrogen-bond acceptors (Lipinski definition) is 0. The van der Waals surface area contributed by atoms with Crippen LogP contribution in [0, 0.1) is 17.8 Å². The van der Waals surface area contributed by atoms with Crippen LogP contribution in [0.4, 0.5) is 0 Å². The first-order chi connectivity index (χ1) is 20.6. The molecule has 2 aromatic carbocycles. The zero-order valence-electron chi connectivity index (χ0n) is 24.8. The maximum absolute atomic E-state index is 4.15. The lowest BCUT2D eigenvalue weighted by atomic mass is 9.71. The van der Waals surface area contributed by atoms with Crippen molar-refractivity contribution in [1.82, 2.24) is 0 Å². The van der Waals surface area contributed by atoms with Crippen LogP contribution in [-0.4, -0.2) is 0 Å². The maximum atomic E-state index is 4.15. The molecule has 3 aliphatic rings. The summed E-state index contributed by atoms with van der Waals surface area (Å²) in [5.41, 5.74) is 9.05. The van der Waals surface area contributed by atoms with E-state index in [0.29, 0.717) is 0 Å². The Hall–Kier alpha value is -4.68. The monoisotopic (exact) mass is 544 g/mol. The van der Waals surface area contributed by atoms with E-state index in [2.05, 4.69) is 167 Å². The van der Waals surface area contributed by atoms with E-state index in [0.717, 1.165) is 6.42 Å². The molecule has 5 rings (SSSR count). The Labute approximate surface area is 251 Å². The molecule has 0 heteroatoms. The van der Waals surface area contributed by atoms with E-state index in [9.17, 15) is 0 Å². The van der Waals surface area contributed by atoms with Gasteiger partial charge in [-0.15, -0.1) is 0 Å². The molecule has 0 heterocycles. The van der Waals surface area contributed by atoms with Crippen molar-refractivity contribution in [2.75, 3.05) is 0 Å². The Morgan fingerprint density at radius 2 is 1.52 bits per heavy atom. The molecule has 0 aliphatic heterocycles. The molecule has 0 nitrogen and oxygen atoms in total. The second kappa shape index (κ2) is 13.8. The van der Waals surface area contributed by atoms with Gasteiger partial charge in [-0.25, -0.2) is 0 Å². The number of hydrogen-bond donors (Lipinski definition) is 0. The molecule has 42 heavy (non-hydrogen) atoms. The molecule has 0 saturated carbocycles. The molecule has 0 spiro atoms.